The second-order valence-electron chi connectivity index (χ2n) is 9.29. The van der Waals surface area contributed by atoms with E-state index in [1.54, 1.807) is 11.3 Å². The highest BCUT2D eigenvalue weighted by Gasteiger charge is 2.34. The average Bonchev–Trinajstić information content (AvgIpc) is 3.34. The van der Waals surface area contributed by atoms with Crippen LogP contribution < -0.4 is 9.47 Å². The van der Waals surface area contributed by atoms with E-state index >= 15 is 0 Å². The summed E-state index contributed by atoms with van der Waals surface area (Å²) < 4.78 is 10.9. The molecule has 1 fully saturated rings. The van der Waals surface area contributed by atoms with E-state index in [1.807, 2.05) is 45.5 Å². The minimum atomic E-state index is -0.00531. The van der Waals surface area contributed by atoms with E-state index in [0.717, 1.165) is 47.6 Å². The molecule has 0 bridgehead atoms. The van der Waals surface area contributed by atoms with Crippen molar-refractivity contribution in [2.45, 2.75) is 83.8 Å². The van der Waals surface area contributed by atoms with Crippen LogP contribution in [0.3, 0.4) is 0 Å². The first kappa shape index (κ1) is 24.6. The van der Waals surface area contributed by atoms with Gasteiger partial charge in [0.1, 0.15) is 6.54 Å². The van der Waals surface area contributed by atoms with E-state index in [1.165, 1.54) is 25.7 Å². The molecule has 2 amide bonds. The summed E-state index contributed by atoms with van der Waals surface area (Å²) in [6.45, 7) is 3.61. The van der Waals surface area contributed by atoms with E-state index < -0.39 is 0 Å². The van der Waals surface area contributed by atoms with Gasteiger partial charge in [0.25, 0.3) is 0 Å². The fraction of sp³-hybridized carbons (Fsp3) is 0.556. The van der Waals surface area contributed by atoms with Crippen molar-refractivity contribution in [2.24, 2.45) is 0 Å². The molecule has 0 atom stereocenters. The summed E-state index contributed by atoms with van der Waals surface area (Å²) in [7, 11) is 0. The zero-order valence-corrected chi connectivity index (χ0v) is 21.0. The van der Waals surface area contributed by atoms with Crippen LogP contribution in [0.15, 0.2) is 35.7 Å². The molecule has 1 aliphatic carbocycles. The molecule has 6 nitrogen and oxygen atoms in total. The van der Waals surface area contributed by atoms with E-state index in [4.69, 9.17) is 9.47 Å². The molecule has 0 unspecified atom stereocenters. The molecule has 1 aromatic carbocycles. The van der Waals surface area contributed by atoms with Crippen molar-refractivity contribution < 1.29 is 19.1 Å². The summed E-state index contributed by atoms with van der Waals surface area (Å²) in [6.07, 6.45) is 9.47. The van der Waals surface area contributed by atoms with Gasteiger partial charge < -0.3 is 19.3 Å². The quantitative estimate of drug-likeness (QED) is 0.321. The Balaban J connectivity index is 1.37. The molecule has 4 rings (SSSR count). The first-order valence-electron chi connectivity index (χ1n) is 12.6. The van der Waals surface area contributed by atoms with Crippen molar-refractivity contribution in [3.63, 3.8) is 0 Å². The van der Waals surface area contributed by atoms with Gasteiger partial charge in [0.15, 0.2) is 11.5 Å². The normalized spacial score (nSPS) is 14.3. The van der Waals surface area contributed by atoms with Gasteiger partial charge in [0.05, 0.1) is 6.54 Å². The summed E-state index contributed by atoms with van der Waals surface area (Å²) in [5.74, 6) is 1.58. The Labute approximate surface area is 206 Å². The highest BCUT2D eigenvalue weighted by Crippen LogP contribution is 2.33. The number of carbonyl (C=O) groups excluding carboxylic acids is 2. The van der Waals surface area contributed by atoms with Crippen molar-refractivity contribution >= 4 is 23.2 Å². The van der Waals surface area contributed by atoms with Crippen LogP contribution in [0.5, 0.6) is 11.5 Å². The highest BCUT2D eigenvalue weighted by atomic mass is 32.1. The summed E-state index contributed by atoms with van der Waals surface area (Å²) in [5, 5.41) is 2.03. The van der Waals surface area contributed by atoms with Gasteiger partial charge >= 0.3 is 0 Å². The Kier molecular flexibility index (Phi) is 8.85. The standard InChI is InChI=1S/C27H36N2O4S/c1-2-3-4-5-6-7-10-26(30)29(22-12-13-22)19-27(31)28(18-23-9-8-15-34-23)17-21-11-14-24-25(16-21)33-20-32-24/h8-9,11,14-16,22H,2-7,10,12-13,17-20H2,1H3. The van der Waals surface area contributed by atoms with Gasteiger partial charge in [-0.05, 0) is 48.4 Å². The lowest BCUT2D eigenvalue weighted by Crippen LogP contribution is -2.43. The summed E-state index contributed by atoms with van der Waals surface area (Å²) in [4.78, 5) is 31.3. The van der Waals surface area contributed by atoms with Crippen LogP contribution in [0.2, 0.25) is 0 Å². The Morgan fingerprint density at radius 3 is 2.53 bits per heavy atom. The lowest BCUT2D eigenvalue weighted by Gasteiger charge is -2.28. The van der Waals surface area contributed by atoms with Crippen LogP contribution >= 0.6 is 11.3 Å². The molecule has 1 aromatic heterocycles. The Morgan fingerprint density at radius 2 is 1.76 bits per heavy atom. The number of nitrogens with zero attached hydrogens (tertiary/aromatic N) is 2. The number of benzene rings is 1. The van der Waals surface area contributed by atoms with Crippen molar-refractivity contribution in [1.29, 1.82) is 0 Å². The maximum atomic E-state index is 13.5. The van der Waals surface area contributed by atoms with Gasteiger partial charge in [-0.1, -0.05) is 51.2 Å². The molecule has 184 valence electrons. The minimum Gasteiger partial charge on any atom is -0.454 e. The predicted octanol–water partition coefficient (Wildman–Crippen LogP) is 5.75. The number of unbranched alkanes of at least 4 members (excludes halogenated alkanes) is 5. The van der Waals surface area contributed by atoms with Gasteiger partial charge in [-0.2, -0.15) is 0 Å². The second kappa shape index (κ2) is 12.2. The number of amides is 2. The van der Waals surface area contributed by atoms with Gasteiger partial charge in [0.2, 0.25) is 18.6 Å². The third kappa shape index (κ3) is 6.98. The maximum absolute atomic E-state index is 13.5. The first-order chi connectivity index (χ1) is 16.6. The van der Waals surface area contributed by atoms with Crippen molar-refractivity contribution in [2.75, 3.05) is 13.3 Å². The second-order valence-corrected chi connectivity index (χ2v) is 10.3. The number of fused-ring (bicyclic) bond motifs is 1. The molecular formula is C27H36N2O4S. The van der Waals surface area contributed by atoms with Crippen molar-refractivity contribution in [3.05, 3.63) is 46.2 Å². The zero-order valence-electron chi connectivity index (χ0n) is 20.2. The molecular weight excluding hydrogens is 448 g/mol. The van der Waals surface area contributed by atoms with Crippen LogP contribution in [-0.2, 0) is 22.7 Å². The molecule has 0 spiro atoms. The van der Waals surface area contributed by atoms with Crippen molar-refractivity contribution in [3.8, 4) is 11.5 Å². The molecule has 1 aliphatic heterocycles. The van der Waals surface area contributed by atoms with Gasteiger partial charge in [-0.15, -0.1) is 11.3 Å². The first-order valence-corrected chi connectivity index (χ1v) is 13.5. The smallest absolute Gasteiger partial charge is 0.242 e. The maximum Gasteiger partial charge on any atom is 0.242 e. The molecule has 2 aromatic rings. The lowest BCUT2D eigenvalue weighted by atomic mass is 10.1. The molecule has 0 N–H and O–H groups in total. The van der Waals surface area contributed by atoms with Crippen LogP contribution in [0.4, 0.5) is 0 Å². The molecule has 1 saturated carbocycles. The van der Waals surface area contributed by atoms with Crippen LogP contribution in [0, 0.1) is 0 Å². The zero-order chi connectivity index (χ0) is 23.8. The lowest BCUT2D eigenvalue weighted by molar-refractivity contribution is -0.141. The average molecular weight is 485 g/mol. The molecule has 7 heteroatoms. The molecule has 0 radical (unpaired) electrons. The number of thiophene rings is 1. The fourth-order valence-electron chi connectivity index (χ4n) is 4.34. The number of hydrogen-bond donors (Lipinski definition) is 0. The molecule has 2 aliphatic rings. The van der Waals surface area contributed by atoms with Gasteiger partial charge in [-0.25, -0.2) is 0 Å². The van der Waals surface area contributed by atoms with Gasteiger partial charge in [0, 0.05) is 23.9 Å². The SMILES string of the molecule is CCCCCCCCC(=O)N(CC(=O)N(Cc1ccc2c(c1)OCO2)Cc1cccs1)C1CC1. The third-order valence-corrected chi connectivity index (χ3v) is 7.31. The van der Waals surface area contributed by atoms with Gasteiger partial charge in [-0.3, -0.25) is 9.59 Å². The van der Waals surface area contributed by atoms with E-state index in [0.29, 0.717) is 19.5 Å². The summed E-state index contributed by atoms with van der Waals surface area (Å²) >= 11 is 1.64. The van der Waals surface area contributed by atoms with Crippen LogP contribution in [0.1, 0.15) is 75.2 Å². The number of carbonyl (C=O) groups is 2. The topological polar surface area (TPSA) is 59.1 Å². The number of rotatable bonds is 14. The van der Waals surface area contributed by atoms with E-state index in [-0.39, 0.29) is 31.2 Å². The summed E-state index contributed by atoms with van der Waals surface area (Å²) in [6, 6.07) is 10.1. The molecule has 34 heavy (non-hydrogen) atoms. The number of ether oxygens (including phenoxy) is 2. The van der Waals surface area contributed by atoms with E-state index in [9.17, 15) is 9.59 Å². The van der Waals surface area contributed by atoms with Crippen LogP contribution in [0.25, 0.3) is 0 Å². The third-order valence-electron chi connectivity index (χ3n) is 6.45. The fourth-order valence-corrected chi connectivity index (χ4v) is 5.06. The number of hydrogen-bond acceptors (Lipinski definition) is 5. The summed E-state index contributed by atoms with van der Waals surface area (Å²) in [5.41, 5.74) is 0.991. The molecule has 0 saturated heterocycles. The Hall–Kier alpha value is -2.54. The Morgan fingerprint density at radius 1 is 0.971 bits per heavy atom. The monoisotopic (exact) mass is 484 g/mol. The van der Waals surface area contributed by atoms with Crippen molar-refractivity contribution in [1.82, 2.24) is 9.80 Å². The van der Waals surface area contributed by atoms with Crippen LogP contribution in [-0.4, -0.2) is 41.0 Å². The van der Waals surface area contributed by atoms with E-state index in [2.05, 4.69) is 6.92 Å². The molecule has 2 heterocycles. The Bertz CT molecular complexity index is 942. The largest absolute Gasteiger partial charge is 0.454 e. The predicted molar refractivity (Wildman–Crippen MR) is 134 cm³/mol. The highest BCUT2D eigenvalue weighted by molar-refractivity contribution is 7.09. The minimum absolute atomic E-state index is 0.00531.